The summed E-state index contributed by atoms with van der Waals surface area (Å²) in [4.78, 5) is 23.2. The van der Waals surface area contributed by atoms with E-state index in [4.69, 9.17) is 0 Å². The smallest absolute Gasteiger partial charge is 0.171 e. The van der Waals surface area contributed by atoms with Gasteiger partial charge in [-0.25, -0.2) is 0 Å². The van der Waals surface area contributed by atoms with Crippen molar-refractivity contribution >= 4 is 34.2 Å². The van der Waals surface area contributed by atoms with E-state index in [0.29, 0.717) is 11.1 Å². The molecule has 15 heavy (non-hydrogen) atoms. The average molecular weight is 236 g/mol. The minimum absolute atomic E-state index is 0.0343. The van der Waals surface area contributed by atoms with Crippen LogP contribution in [0, 0.1) is 0 Å². The van der Waals surface area contributed by atoms with Crippen LogP contribution in [0.3, 0.4) is 0 Å². The van der Waals surface area contributed by atoms with Crippen molar-refractivity contribution < 1.29 is 9.59 Å². The fourth-order valence-corrected chi connectivity index (χ4v) is 2.52. The lowest BCUT2D eigenvalue weighted by Gasteiger charge is -1.95. The number of carbonyl (C=O) groups excluding carboxylic acids is 2. The third-order valence-corrected chi connectivity index (χ3v) is 3.37. The van der Waals surface area contributed by atoms with Crippen molar-refractivity contribution in [1.29, 1.82) is 0 Å². The predicted octanol–water partition coefficient (Wildman–Crippen LogP) is 3.27. The third-order valence-electron chi connectivity index (χ3n) is 2.01. The summed E-state index contributed by atoms with van der Waals surface area (Å²) in [6.07, 6.45) is -0.0343. The van der Waals surface area contributed by atoms with Crippen molar-refractivity contribution in [3.8, 4) is 0 Å². The van der Waals surface area contributed by atoms with Crippen LogP contribution < -0.4 is 0 Å². The van der Waals surface area contributed by atoms with Crippen molar-refractivity contribution in [2.45, 2.75) is 6.42 Å². The molecule has 0 radical (unpaired) electrons. The van der Waals surface area contributed by atoms with E-state index < -0.39 is 0 Å². The summed E-state index contributed by atoms with van der Waals surface area (Å²) in [6.45, 7) is 0. The lowest BCUT2D eigenvalue weighted by Crippen LogP contribution is -2.06. The second kappa shape index (κ2) is 4.51. The Bertz CT molecular complexity index is 411. The maximum atomic E-state index is 11.6. The van der Waals surface area contributed by atoms with Gasteiger partial charge in [-0.05, 0) is 22.9 Å². The molecular weight excluding hydrogens is 228 g/mol. The fraction of sp³-hybridized carbons (Fsp3) is 0.0909. The molecule has 2 aromatic rings. The number of rotatable bonds is 4. The van der Waals surface area contributed by atoms with Gasteiger partial charge in [0.1, 0.15) is 0 Å². The highest BCUT2D eigenvalue weighted by Crippen LogP contribution is 2.13. The van der Waals surface area contributed by atoms with Gasteiger partial charge in [0.25, 0.3) is 0 Å². The number of carbonyl (C=O) groups is 2. The number of hydrogen-bond acceptors (Lipinski definition) is 4. The third kappa shape index (κ3) is 2.40. The highest BCUT2D eigenvalue weighted by molar-refractivity contribution is 7.08. The minimum atomic E-state index is -0.104. The zero-order chi connectivity index (χ0) is 10.7. The molecule has 0 atom stereocenters. The van der Waals surface area contributed by atoms with E-state index in [1.165, 1.54) is 22.7 Å². The van der Waals surface area contributed by atoms with Crippen LogP contribution in [0.4, 0.5) is 0 Å². The lowest BCUT2D eigenvalue weighted by atomic mass is 10.1. The number of Topliss-reactive ketones (excluding diaryl/α,β-unsaturated/α-hetero) is 2. The SMILES string of the molecule is O=C(CC(=O)c1ccsc1)c1ccsc1. The Balaban J connectivity index is 2.04. The summed E-state index contributed by atoms with van der Waals surface area (Å²) < 4.78 is 0. The van der Waals surface area contributed by atoms with Gasteiger partial charge < -0.3 is 0 Å². The summed E-state index contributed by atoms with van der Waals surface area (Å²) in [5, 5.41) is 7.21. The molecule has 0 amide bonds. The van der Waals surface area contributed by atoms with Crippen LogP contribution in [0.25, 0.3) is 0 Å². The maximum absolute atomic E-state index is 11.6. The molecule has 0 fully saturated rings. The van der Waals surface area contributed by atoms with Gasteiger partial charge in [0.15, 0.2) is 11.6 Å². The second-order valence-electron chi connectivity index (χ2n) is 3.05. The Morgan fingerprint density at radius 3 is 1.73 bits per heavy atom. The molecular formula is C11H8O2S2. The largest absolute Gasteiger partial charge is 0.294 e. The molecule has 0 N–H and O–H groups in total. The van der Waals surface area contributed by atoms with E-state index in [1.807, 2.05) is 10.8 Å². The van der Waals surface area contributed by atoms with E-state index in [9.17, 15) is 9.59 Å². The van der Waals surface area contributed by atoms with E-state index in [1.54, 1.807) is 22.9 Å². The molecule has 2 nitrogen and oxygen atoms in total. The minimum Gasteiger partial charge on any atom is -0.294 e. The predicted molar refractivity (Wildman–Crippen MR) is 61.9 cm³/mol. The molecule has 2 heterocycles. The van der Waals surface area contributed by atoms with Crippen molar-refractivity contribution in [3.63, 3.8) is 0 Å². The maximum Gasteiger partial charge on any atom is 0.171 e. The molecule has 0 saturated carbocycles. The van der Waals surface area contributed by atoms with Crippen molar-refractivity contribution in [3.05, 3.63) is 44.8 Å². The second-order valence-corrected chi connectivity index (χ2v) is 4.61. The van der Waals surface area contributed by atoms with Crippen LogP contribution in [0.5, 0.6) is 0 Å². The van der Waals surface area contributed by atoms with Crippen molar-refractivity contribution in [2.24, 2.45) is 0 Å². The summed E-state index contributed by atoms with van der Waals surface area (Å²) in [5.74, 6) is -0.208. The van der Waals surface area contributed by atoms with Crippen molar-refractivity contribution in [2.75, 3.05) is 0 Å². The van der Waals surface area contributed by atoms with Crippen LogP contribution >= 0.6 is 22.7 Å². The quantitative estimate of drug-likeness (QED) is 0.603. The van der Waals surface area contributed by atoms with Crippen molar-refractivity contribution in [1.82, 2.24) is 0 Å². The lowest BCUT2D eigenvalue weighted by molar-refractivity contribution is 0.0895. The number of ketones is 2. The van der Waals surface area contributed by atoms with Gasteiger partial charge in [-0.3, -0.25) is 9.59 Å². The van der Waals surface area contributed by atoms with Crippen LogP contribution in [-0.4, -0.2) is 11.6 Å². The molecule has 2 rings (SSSR count). The summed E-state index contributed by atoms with van der Waals surface area (Å²) in [6, 6.07) is 3.49. The molecule has 0 aliphatic rings. The fourth-order valence-electron chi connectivity index (χ4n) is 1.20. The summed E-state index contributed by atoms with van der Waals surface area (Å²) in [5.41, 5.74) is 1.26. The first-order chi connectivity index (χ1) is 7.27. The van der Waals surface area contributed by atoms with E-state index in [0.717, 1.165) is 0 Å². The van der Waals surface area contributed by atoms with Crippen LogP contribution in [0.15, 0.2) is 33.7 Å². The molecule has 76 valence electrons. The molecule has 0 unspecified atom stereocenters. The Morgan fingerprint density at radius 2 is 1.40 bits per heavy atom. The first kappa shape index (κ1) is 10.3. The summed E-state index contributed by atoms with van der Waals surface area (Å²) in [7, 11) is 0. The molecule has 0 saturated heterocycles. The van der Waals surface area contributed by atoms with Gasteiger partial charge in [0.2, 0.25) is 0 Å². The zero-order valence-corrected chi connectivity index (χ0v) is 9.44. The average Bonchev–Trinajstić information content (AvgIpc) is 2.91. The monoisotopic (exact) mass is 236 g/mol. The Hall–Kier alpha value is -1.26. The number of hydrogen-bond donors (Lipinski definition) is 0. The topological polar surface area (TPSA) is 34.1 Å². The van der Waals surface area contributed by atoms with Crippen LogP contribution in [0.1, 0.15) is 27.1 Å². The standard InChI is InChI=1S/C11H8O2S2/c12-10(8-1-3-14-6-8)5-11(13)9-2-4-15-7-9/h1-4,6-7H,5H2. The molecule has 4 heteroatoms. The molecule has 0 aliphatic carbocycles. The summed E-state index contributed by atoms with van der Waals surface area (Å²) >= 11 is 2.92. The molecule has 2 aromatic heterocycles. The van der Waals surface area contributed by atoms with Gasteiger partial charge in [-0.1, -0.05) is 0 Å². The van der Waals surface area contributed by atoms with E-state index in [-0.39, 0.29) is 18.0 Å². The zero-order valence-electron chi connectivity index (χ0n) is 7.80. The van der Waals surface area contributed by atoms with E-state index >= 15 is 0 Å². The first-order valence-electron chi connectivity index (χ1n) is 4.38. The Labute approximate surface area is 95.2 Å². The molecule has 0 aliphatic heterocycles. The molecule has 0 bridgehead atoms. The Morgan fingerprint density at radius 1 is 0.933 bits per heavy atom. The number of thiophene rings is 2. The van der Waals surface area contributed by atoms with Gasteiger partial charge in [0.05, 0.1) is 6.42 Å². The highest BCUT2D eigenvalue weighted by Gasteiger charge is 2.13. The normalized spacial score (nSPS) is 10.1. The van der Waals surface area contributed by atoms with Crippen LogP contribution in [0.2, 0.25) is 0 Å². The van der Waals surface area contributed by atoms with Crippen LogP contribution in [-0.2, 0) is 0 Å². The highest BCUT2D eigenvalue weighted by atomic mass is 32.1. The molecule has 0 spiro atoms. The van der Waals surface area contributed by atoms with Gasteiger partial charge >= 0.3 is 0 Å². The van der Waals surface area contributed by atoms with E-state index in [2.05, 4.69) is 0 Å². The van der Waals surface area contributed by atoms with Gasteiger partial charge in [-0.15, -0.1) is 0 Å². The van der Waals surface area contributed by atoms with Gasteiger partial charge in [0, 0.05) is 21.9 Å². The Kier molecular flexibility index (Phi) is 3.08. The first-order valence-corrected chi connectivity index (χ1v) is 6.27. The van der Waals surface area contributed by atoms with Gasteiger partial charge in [-0.2, -0.15) is 22.7 Å². The molecule has 0 aromatic carbocycles.